The maximum atomic E-state index is 5.08. The third-order valence-corrected chi connectivity index (χ3v) is 12.0. The first-order valence-electron chi connectivity index (χ1n) is 19.7. The zero-order valence-electron chi connectivity index (χ0n) is 32.0. The SMILES string of the molecule is C=C1CC=C(n2c3ccc(-c4ccccc4-c4ccccn4)cc3c3ncccc32)C=C1N1c2cccnc2C2(C)C=C(c3ccccc3-c3ccccn3)C=CC12. The Labute approximate surface area is 337 Å². The first kappa shape index (κ1) is 33.9. The highest BCUT2D eigenvalue weighted by Gasteiger charge is 2.49. The number of pyridine rings is 4. The molecule has 6 nitrogen and oxygen atoms in total. The lowest BCUT2D eigenvalue weighted by Gasteiger charge is -2.38. The molecule has 11 rings (SSSR count). The minimum atomic E-state index is -0.404. The van der Waals surface area contributed by atoms with Gasteiger partial charge in [-0.25, -0.2) is 0 Å². The van der Waals surface area contributed by atoms with Crippen molar-refractivity contribution in [3.05, 3.63) is 212 Å². The molecule has 3 aromatic carbocycles. The van der Waals surface area contributed by atoms with E-state index in [2.05, 4.69) is 149 Å². The summed E-state index contributed by atoms with van der Waals surface area (Å²) in [5.41, 5.74) is 16.8. The molecule has 0 spiro atoms. The molecule has 8 aromatic rings. The second-order valence-corrected chi connectivity index (χ2v) is 15.4. The zero-order valence-corrected chi connectivity index (χ0v) is 32.0. The van der Waals surface area contributed by atoms with E-state index >= 15 is 0 Å². The summed E-state index contributed by atoms with van der Waals surface area (Å²) in [5.74, 6) is 0. The number of allylic oxidation sites excluding steroid dienone is 6. The first-order chi connectivity index (χ1) is 28.6. The van der Waals surface area contributed by atoms with Gasteiger partial charge in [-0.3, -0.25) is 19.9 Å². The first-order valence-corrected chi connectivity index (χ1v) is 19.7. The van der Waals surface area contributed by atoms with Gasteiger partial charge in [-0.1, -0.05) is 97.6 Å². The monoisotopic (exact) mass is 746 g/mol. The van der Waals surface area contributed by atoms with Crippen LogP contribution < -0.4 is 4.90 Å². The fourth-order valence-electron chi connectivity index (χ4n) is 9.29. The van der Waals surface area contributed by atoms with Crippen LogP contribution in [-0.2, 0) is 5.41 Å². The summed E-state index contributed by atoms with van der Waals surface area (Å²) in [5, 5.41) is 1.10. The summed E-state index contributed by atoms with van der Waals surface area (Å²) in [6, 6.07) is 44.4. The van der Waals surface area contributed by atoms with Gasteiger partial charge in [-0.2, -0.15) is 0 Å². The van der Waals surface area contributed by atoms with Crippen LogP contribution in [0.2, 0.25) is 0 Å². The highest BCUT2D eigenvalue weighted by molar-refractivity contribution is 6.10. The van der Waals surface area contributed by atoms with Crippen molar-refractivity contribution in [2.75, 3.05) is 4.90 Å². The van der Waals surface area contributed by atoms with Crippen molar-refractivity contribution in [2.45, 2.75) is 24.8 Å². The lowest BCUT2D eigenvalue weighted by molar-refractivity contribution is 0.533. The summed E-state index contributed by atoms with van der Waals surface area (Å²) in [6.45, 7) is 6.97. The molecule has 0 N–H and O–H groups in total. The number of hydrogen-bond donors (Lipinski definition) is 0. The molecule has 0 bridgehead atoms. The van der Waals surface area contributed by atoms with Crippen LogP contribution in [0.15, 0.2) is 200 Å². The zero-order chi connectivity index (χ0) is 38.8. The minimum absolute atomic E-state index is 0.00735. The van der Waals surface area contributed by atoms with Gasteiger partial charge in [0.15, 0.2) is 0 Å². The maximum absolute atomic E-state index is 5.08. The van der Waals surface area contributed by atoms with Crippen LogP contribution in [0.25, 0.3) is 66.8 Å². The van der Waals surface area contributed by atoms with E-state index in [0.717, 1.165) is 101 Å². The molecule has 5 aromatic heterocycles. The Balaban J connectivity index is 1.02. The van der Waals surface area contributed by atoms with E-state index in [9.17, 15) is 0 Å². The van der Waals surface area contributed by atoms with Gasteiger partial charge in [0.05, 0.1) is 50.8 Å². The average Bonchev–Trinajstić information content (AvgIpc) is 3.75. The molecule has 6 heterocycles. The third-order valence-electron chi connectivity index (χ3n) is 12.0. The van der Waals surface area contributed by atoms with Crippen LogP contribution in [0.5, 0.6) is 0 Å². The van der Waals surface area contributed by atoms with E-state index in [1.807, 2.05) is 61.2 Å². The molecule has 0 amide bonds. The summed E-state index contributed by atoms with van der Waals surface area (Å²) < 4.78 is 2.36. The topological polar surface area (TPSA) is 59.7 Å². The fourth-order valence-corrected chi connectivity index (χ4v) is 9.29. The highest BCUT2D eigenvalue weighted by atomic mass is 15.2. The number of fused-ring (bicyclic) bond motifs is 6. The lowest BCUT2D eigenvalue weighted by atomic mass is 9.75. The van der Waals surface area contributed by atoms with E-state index in [-0.39, 0.29) is 6.04 Å². The number of nitrogens with zero attached hydrogens (tertiary/aromatic N) is 6. The molecule has 2 unspecified atom stereocenters. The van der Waals surface area contributed by atoms with Gasteiger partial charge in [0.25, 0.3) is 0 Å². The molecule has 2 aliphatic carbocycles. The number of benzene rings is 3. The number of rotatable bonds is 6. The van der Waals surface area contributed by atoms with Gasteiger partial charge in [-0.05, 0) is 108 Å². The molecule has 2 atom stereocenters. The summed E-state index contributed by atoms with van der Waals surface area (Å²) in [7, 11) is 0. The lowest BCUT2D eigenvalue weighted by Crippen LogP contribution is -2.42. The standard InChI is InChI=1S/C52H38N6/c1-34-21-24-37(57-45-25-22-35(31-42(45)50-46(57)19-11-29-55-50)38-13-3-5-15-40(38)43-17-7-9-27-53-43)32-48(34)58-47-20-12-30-56-51(47)52(2)33-36(23-26-49(52)58)39-14-4-6-16-41(39)44-18-8-10-28-54-44/h3-20,22-33,49H,1,21H2,2H3. The molecular formula is C52H38N6. The van der Waals surface area contributed by atoms with Crippen LogP contribution >= 0.6 is 0 Å². The third kappa shape index (κ3) is 5.26. The van der Waals surface area contributed by atoms with E-state index in [1.54, 1.807) is 0 Å². The predicted octanol–water partition coefficient (Wildman–Crippen LogP) is 11.9. The number of aromatic nitrogens is 5. The minimum Gasteiger partial charge on any atom is -0.331 e. The van der Waals surface area contributed by atoms with Crippen molar-refractivity contribution in [3.8, 4) is 33.6 Å². The summed E-state index contributed by atoms with van der Waals surface area (Å²) in [4.78, 5) is 21.9. The van der Waals surface area contributed by atoms with Crippen molar-refractivity contribution >= 4 is 38.9 Å². The van der Waals surface area contributed by atoms with Gasteiger partial charge >= 0.3 is 0 Å². The maximum Gasteiger partial charge on any atom is 0.0963 e. The van der Waals surface area contributed by atoms with Gasteiger partial charge < -0.3 is 9.47 Å². The highest BCUT2D eigenvalue weighted by Crippen LogP contribution is 2.52. The fraction of sp³-hybridized carbons (Fsp3) is 0.0769. The Morgan fingerprint density at radius 2 is 1.33 bits per heavy atom. The molecule has 0 saturated carbocycles. The molecule has 0 fully saturated rings. The van der Waals surface area contributed by atoms with Crippen LogP contribution in [0, 0.1) is 0 Å². The average molecular weight is 747 g/mol. The normalized spacial score (nSPS) is 18.5. The van der Waals surface area contributed by atoms with Crippen LogP contribution in [0.4, 0.5) is 5.69 Å². The molecule has 3 aliphatic rings. The number of hydrogen-bond acceptors (Lipinski definition) is 5. The number of anilines is 1. The Kier molecular flexibility index (Phi) is 7.79. The van der Waals surface area contributed by atoms with Crippen molar-refractivity contribution in [1.29, 1.82) is 0 Å². The Hall–Kier alpha value is -7.44. The summed E-state index contributed by atoms with van der Waals surface area (Å²) >= 11 is 0. The molecule has 1 aliphatic heterocycles. The molecule has 6 heteroatoms. The van der Waals surface area contributed by atoms with E-state index in [1.165, 1.54) is 0 Å². The molecular weight excluding hydrogens is 709 g/mol. The Bertz CT molecular complexity index is 3080. The van der Waals surface area contributed by atoms with E-state index < -0.39 is 5.41 Å². The second kappa shape index (κ2) is 13.4. The van der Waals surface area contributed by atoms with Gasteiger partial charge in [-0.15, -0.1) is 0 Å². The Morgan fingerprint density at radius 3 is 2.09 bits per heavy atom. The molecule has 58 heavy (non-hydrogen) atoms. The smallest absolute Gasteiger partial charge is 0.0963 e. The predicted molar refractivity (Wildman–Crippen MR) is 237 cm³/mol. The van der Waals surface area contributed by atoms with Crippen molar-refractivity contribution < 1.29 is 0 Å². The molecule has 0 radical (unpaired) electrons. The Morgan fingerprint density at radius 1 is 0.655 bits per heavy atom. The van der Waals surface area contributed by atoms with Crippen molar-refractivity contribution in [1.82, 2.24) is 24.5 Å². The molecule has 276 valence electrons. The van der Waals surface area contributed by atoms with Crippen LogP contribution in [0.1, 0.15) is 24.6 Å². The molecule has 0 saturated heterocycles. The van der Waals surface area contributed by atoms with E-state index in [4.69, 9.17) is 15.0 Å². The van der Waals surface area contributed by atoms with E-state index in [0.29, 0.717) is 0 Å². The van der Waals surface area contributed by atoms with Crippen LogP contribution in [0.3, 0.4) is 0 Å². The second-order valence-electron chi connectivity index (χ2n) is 15.4. The van der Waals surface area contributed by atoms with Crippen molar-refractivity contribution in [3.63, 3.8) is 0 Å². The van der Waals surface area contributed by atoms with Crippen LogP contribution in [-0.4, -0.2) is 30.5 Å². The quantitative estimate of drug-likeness (QED) is 0.170. The van der Waals surface area contributed by atoms with Gasteiger partial charge in [0.1, 0.15) is 0 Å². The van der Waals surface area contributed by atoms with Crippen molar-refractivity contribution in [2.24, 2.45) is 0 Å². The largest absolute Gasteiger partial charge is 0.331 e. The summed E-state index contributed by atoms with van der Waals surface area (Å²) in [6.07, 6.45) is 19.9. The van der Waals surface area contributed by atoms with Gasteiger partial charge in [0, 0.05) is 52.7 Å². The van der Waals surface area contributed by atoms with Gasteiger partial charge in [0.2, 0.25) is 0 Å².